The Bertz CT molecular complexity index is 791. The van der Waals surface area contributed by atoms with Crippen molar-refractivity contribution in [2.75, 3.05) is 5.32 Å². The van der Waals surface area contributed by atoms with Gasteiger partial charge in [-0.05, 0) is 37.4 Å². The molecule has 3 aromatic rings. The monoisotopic (exact) mass is 308 g/mol. The van der Waals surface area contributed by atoms with Crippen molar-refractivity contribution in [1.29, 1.82) is 0 Å². The van der Waals surface area contributed by atoms with Crippen LogP contribution < -0.4 is 10.6 Å². The number of carbonyl (C=O) groups excluding carboxylic acids is 1. The lowest BCUT2D eigenvalue weighted by Crippen LogP contribution is -2.39. The van der Waals surface area contributed by atoms with E-state index in [1.165, 1.54) is 0 Å². The predicted molar refractivity (Wildman–Crippen MR) is 92.3 cm³/mol. The number of rotatable bonds is 5. The highest BCUT2D eigenvalue weighted by Gasteiger charge is 2.18. The molecular weight excluding hydrogens is 288 g/mol. The highest BCUT2D eigenvalue weighted by molar-refractivity contribution is 6.03. The molecule has 4 nitrogen and oxygen atoms in total. The Morgan fingerprint density at radius 1 is 1.00 bits per heavy atom. The molecule has 0 unspecified atom stereocenters. The van der Waals surface area contributed by atoms with Crippen LogP contribution in [0.3, 0.4) is 0 Å². The van der Waals surface area contributed by atoms with Crippen LogP contribution in [0.1, 0.15) is 25.6 Å². The molecule has 0 spiro atoms. The van der Waals surface area contributed by atoms with Gasteiger partial charge in [0.15, 0.2) is 0 Å². The van der Waals surface area contributed by atoms with Crippen LogP contribution in [-0.4, -0.2) is 11.9 Å². The summed E-state index contributed by atoms with van der Waals surface area (Å²) >= 11 is 0. The molecule has 3 rings (SSSR count). The SMILES string of the molecule is C[C@H](N[C@@H](C)c1ccco1)C(=O)Nc1cccc2ccccc12. The first-order chi connectivity index (χ1) is 11.1. The van der Waals surface area contributed by atoms with Crippen molar-refractivity contribution in [1.82, 2.24) is 5.32 Å². The highest BCUT2D eigenvalue weighted by atomic mass is 16.3. The first-order valence-electron chi connectivity index (χ1n) is 7.73. The van der Waals surface area contributed by atoms with E-state index < -0.39 is 0 Å². The van der Waals surface area contributed by atoms with Gasteiger partial charge in [0.25, 0.3) is 0 Å². The second-order valence-corrected chi connectivity index (χ2v) is 5.64. The van der Waals surface area contributed by atoms with Crippen molar-refractivity contribution < 1.29 is 9.21 Å². The summed E-state index contributed by atoms with van der Waals surface area (Å²) in [6, 6.07) is 17.3. The molecule has 0 aliphatic heterocycles. The Balaban J connectivity index is 1.70. The van der Waals surface area contributed by atoms with Gasteiger partial charge in [-0.3, -0.25) is 10.1 Å². The minimum Gasteiger partial charge on any atom is -0.468 e. The number of carbonyl (C=O) groups is 1. The summed E-state index contributed by atoms with van der Waals surface area (Å²) in [5.41, 5.74) is 0.826. The third-order valence-corrected chi connectivity index (χ3v) is 3.91. The third kappa shape index (κ3) is 3.43. The van der Waals surface area contributed by atoms with Crippen molar-refractivity contribution in [2.45, 2.75) is 25.9 Å². The van der Waals surface area contributed by atoms with Crippen LogP contribution in [-0.2, 0) is 4.79 Å². The maximum absolute atomic E-state index is 12.5. The van der Waals surface area contributed by atoms with Crippen molar-refractivity contribution in [2.24, 2.45) is 0 Å². The van der Waals surface area contributed by atoms with Gasteiger partial charge in [0, 0.05) is 11.1 Å². The third-order valence-electron chi connectivity index (χ3n) is 3.91. The van der Waals surface area contributed by atoms with E-state index in [2.05, 4.69) is 10.6 Å². The molecule has 4 heteroatoms. The van der Waals surface area contributed by atoms with Gasteiger partial charge in [-0.2, -0.15) is 0 Å². The number of hydrogen-bond acceptors (Lipinski definition) is 3. The molecule has 2 aromatic carbocycles. The molecule has 1 heterocycles. The molecule has 0 saturated heterocycles. The van der Waals surface area contributed by atoms with Gasteiger partial charge in [-0.25, -0.2) is 0 Å². The van der Waals surface area contributed by atoms with Crippen molar-refractivity contribution in [3.8, 4) is 0 Å². The fourth-order valence-corrected chi connectivity index (χ4v) is 2.65. The molecule has 0 bridgehead atoms. The lowest BCUT2D eigenvalue weighted by Gasteiger charge is -2.18. The van der Waals surface area contributed by atoms with Crippen LogP contribution in [0.5, 0.6) is 0 Å². The summed E-state index contributed by atoms with van der Waals surface area (Å²) in [7, 11) is 0. The first kappa shape index (κ1) is 15.3. The number of amides is 1. The van der Waals surface area contributed by atoms with Gasteiger partial charge >= 0.3 is 0 Å². The zero-order chi connectivity index (χ0) is 16.2. The van der Waals surface area contributed by atoms with Gasteiger partial charge in [-0.15, -0.1) is 0 Å². The summed E-state index contributed by atoms with van der Waals surface area (Å²) in [5.74, 6) is 0.745. The zero-order valence-electron chi connectivity index (χ0n) is 13.2. The predicted octanol–water partition coefficient (Wildman–Crippen LogP) is 4.11. The summed E-state index contributed by atoms with van der Waals surface area (Å²) in [4.78, 5) is 12.5. The van der Waals surface area contributed by atoms with E-state index in [-0.39, 0.29) is 18.0 Å². The quantitative estimate of drug-likeness (QED) is 0.746. The Labute approximate surface area is 135 Å². The Morgan fingerprint density at radius 2 is 1.78 bits per heavy atom. The van der Waals surface area contributed by atoms with Crippen molar-refractivity contribution >= 4 is 22.4 Å². The van der Waals surface area contributed by atoms with E-state index >= 15 is 0 Å². The number of furan rings is 1. The lowest BCUT2D eigenvalue weighted by molar-refractivity contribution is -0.117. The van der Waals surface area contributed by atoms with E-state index in [1.807, 2.05) is 68.4 Å². The zero-order valence-corrected chi connectivity index (χ0v) is 13.2. The highest BCUT2D eigenvalue weighted by Crippen LogP contribution is 2.23. The number of benzene rings is 2. The second kappa shape index (κ2) is 6.67. The molecule has 0 aliphatic rings. The number of anilines is 1. The minimum atomic E-state index is -0.339. The molecule has 1 aromatic heterocycles. The van der Waals surface area contributed by atoms with E-state index in [0.29, 0.717) is 0 Å². The Kier molecular flexibility index (Phi) is 4.44. The molecule has 118 valence electrons. The lowest BCUT2D eigenvalue weighted by atomic mass is 10.1. The Morgan fingerprint density at radius 3 is 2.57 bits per heavy atom. The molecule has 2 N–H and O–H groups in total. The van der Waals surface area contributed by atoms with Crippen LogP contribution in [0.15, 0.2) is 65.3 Å². The molecule has 0 saturated carbocycles. The van der Waals surface area contributed by atoms with Crippen LogP contribution in [0.2, 0.25) is 0 Å². The summed E-state index contributed by atoms with van der Waals surface area (Å²) in [5, 5.41) is 8.39. The molecular formula is C19H20N2O2. The van der Waals surface area contributed by atoms with Gasteiger partial charge in [0.05, 0.1) is 18.3 Å². The normalized spacial score (nSPS) is 13.7. The molecule has 2 atom stereocenters. The van der Waals surface area contributed by atoms with Gasteiger partial charge in [0.2, 0.25) is 5.91 Å². The summed E-state index contributed by atoms with van der Waals surface area (Å²) in [6.07, 6.45) is 1.63. The number of hydrogen-bond donors (Lipinski definition) is 2. The average molecular weight is 308 g/mol. The minimum absolute atomic E-state index is 0.0294. The maximum Gasteiger partial charge on any atom is 0.241 e. The van der Waals surface area contributed by atoms with Crippen LogP contribution >= 0.6 is 0 Å². The molecule has 0 aliphatic carbocycles. The topological polar surface area (TPSA) is 54.3 Å². The number of nitrogens with one attached hydrogen (secondary N) is 2. The Hall–Kier alpha value is -2.59. The van der Waals surface area contributed by atoms with Crippen LogP contribution in [0.25, 0.3) is 10.8 Å². The average Bonchev–Trinajstić information content (AvgIpc) is 3.09. The van der Waals surface area contributed by atoms with E-state index in [9.17, 15) is 4.79 Å². The first-order valence-corrected chi connectivity index (χ1v) is 7.73. The molecule has 23 heavy (non-hydrogen) atoms. The van der Waals surface area contributed by atoms with Gasteiger partial charge in [0.1, 0.15) is 5.76 Å². The van der Waals surface area contributed by atoms with E-state index in [4.69, 9.17) is 4.42 Å². The van der Waals surface area contributed by atoms with Crippen molar-refractivity contribution in [3.05, 3.63) is 66.6 Å². The summed E-state index contributed by atoms with van der Waals surface area (Å²) in [6.45, 7) is 3.82. The molecule has 1 amide bonds. The second-order valence-electron chi connectivity index (χ2n) is 5.64. The van der Waals surface area contributed by atoms with E-state index in [0.717, 1.165) is 22.2 Å². The molecule has 0 radical (unpaired) electrons. The molecule has 0 fully saturated rings. The van der Waals surface area contributed by atoms with Gasteiger partial charge < -0.3 is 9.73 Å². The van der Waals surface area contributed by atoms with Gasteiger partial charge in [-0.1, -0.05) is 36.4 Å². The largest absolute Gasteiger partial charge is 0.468 e. The van der Waals surface area contributed by atoms with Crippen molar-refractivity contribution in [3.63, 3.8) is 0 Å². The summed E-state index contributed by atoms with van der Waals surface area (Å²) < 4.78 is 5.36. The van der Waals surface area contributed by atoms with Crippen LogP contribution in [0.4, 0.5) is 5.69 Å². The van der Waals surface area contributed by atoms with Crippen LogP contribution in [0, 0.1) is 0 Å². The van der Waals surface area contributed by atoms with E-state index in [1.54, 1.807) is 6.26 Å². The number of fused-ring (bicyclic) bond motifs is 1. The fourth-order valence-electron chi connectivity index (χ4n) is 2.65. The fraction of sp³-hybridized carbons (Fsp3) is 0.211. The maximum atomic E-state index is 12.5. The smallest absolute Gasteiger partial charge is 0.241 e. The standard InChI is InChI=1S/C19H20N2O2/c1-13(18-11-6-12-23-18)20-14(2)19(22)21-17-10-5-8-15-7-3-4-9-16(15)17/h3-14,20H,1-2H3,(H,21,22)/t13-,14-/m0/s1.